The van der Waals surface area contributed by atoms with Crippen LogP contribution in [0.1, 0.15) is 53.4 Å². The second-order valence-electron chi connectivity index (χ2n) is 5.78. The summed E-state index contributed by atoms with van der Waals surface area (Å²) >= 11 is 0. The van der Waals surface area contributed by atoms with Gasteiger partial charge in [0.2, 0.25) is 0 Å². The molecule has 0 bridgehead atoms. The molecule has 2 unspecified atom stereocenters. The van der Waals surface area contributed by atoms with Crippen LogP contribution in [0.2, 0.25) is 0 Å². The molecule has 0 aromatic carbocycles. The zero-order chi connectivity index (χ0) is 11.0. The largest absolute Gasteiger partial charge is 0.0781 e. The summed E-state index contributed by atoms with van der Waals surface area (Å²) in [5.74, 6) is 2.65. The van der Waals surface area contributed by atoms with Crippen LogP contribution in [0.15, 0.2) is 22.8 Å². The van der Waals surface area contributed by atoms with Crippen molar-refractivity contribution in [3.63, 3.8) is 0 Å². The van der Waals surface area contributed by atoms with Gasteiger partial charge in [-0.05, 0) is 58.3 Å². The Hall–Kier alpha value is -0.520. The van der Waals surface area contributed by atoms with Crippen LogP contribution in [0, 0.1) is 17.8 Å². The van der Waals surface area contributed by atoms with E-state index in [0.717, 1.165) is 17.8 Å². The van der Waals surface area contributed by atoms with E-state index in [4.69, 9.17) is 0 Å². The van der Waals surface area contributed by atoms with Crippen LogP contribution in [-0.4, -0.2) is 0 Å². The van der Waals surface area contributed by atoms with Gasteiger partial charge >= 0.3 is 0 Å². The molecule has 0 aliphatic heterocycles. The maximum atomic E-state index is 2.56. The van der Waals surface area contributed by atoms with Crippen molar-refractivity contribution in [3.8, 4) is 0 Å². The molecule has 2 aliphatic rings. The third kappa shape index (κ3) is 2.04. The minimum absolute atomic E-state index is 0.785. The van der Waals surface area contributed by atoms with E-state index >= 15 is 0 Å². The van der Waals surface area contributed by atoms with Gasteiger partial charge in [0.1, 0.15) is 0 Å². The predicted octanol–water partition coefficient (Wildman–Crippen LogP) is 4.73. The molecule has 0 saturated heterocycles. The fourth-order valence-electron chi connectivity index (χ4n) is 3.43. The number of hydrogen-bond acceptors (Lipinski definition) is 0. The number of hydrogen-bond donors (Lipinski definition) is 0. The predicted molar refractivity (Wildman–Crippen MR) is 66.7 cm³/mol. The fraction of sp³-hybridized carbons (Fsp3) is 0.733. The van der Waals surface area contributed by atoms with Crippen molar-refractivity contribution in [2.45, 2.75) is 53.4 Å². The highest BCUT2D eigenvalue weighted by atomic mass is 14.4. The van der Waals surface area contributed by atoms with E-state index in [2.05, 4.69) is 33.8 Å². The normalized spacial score (nSPS) is 35.9. The second kappa shape index (κ2) is 4.15. The summed E-state index contributed by atoms with van der Waals surface area (Å²) in [5.41, 5.74) is 4.93. The van der Waals surface area contributed by atoms with Crippen molar-refractivity contribution >= 4 is 0 Å². The Kier molecular flexibility index (Phi) is 3.04. The molecule has 84 valence electrons. The van der Waals surface area contributed by atoms with Gasteiger partial charge in [-0.15, -0.1) is 0 Å². The average Bonchev–Trinajstić information content (AvgIpc) is 2.17. The van der Waals surface area contributed by atoms with E-state index in [0.29, 0.717) is 0 Å². The molecule has 0 N–H and O–H groups in total. The van der Waals surface area contributed by atoms with Crippen LogP contribution in [-0.2, 0) is 0 Å². The van der Waals surface area contributed by atoms with Crippen molar-refractivity contribution in [1.82, 2.24) is 0 Å². The topological polar surface area (TPSA) is 0 Å². The molecule has 1 saturated carbocycles. The quantitative estimate of drug-likeness (QED) is 0.501. The van der Waals surface area contributed by atoms with Crippen molar-refractivity contribution in [2.24, 2.45) is 17.8 Å². The van der Waals surface area contributed by atoms with Gasteiger partial charge in [-0.3, -0.25) is 0 Å². The minimum Gasteiger partial charge on any atom is -0.0781 e. The van der Waals surface area contributed by atoms with Crippen molar-refractivity contribution in [3.05, 3.63) is 22.8 Å². The number of rotatable bonds is 0. The summed E-state index contributed by atoms with van der Waals surface area (Å²) in [6, 6.07) is 0. The monoisotopic (exact) mass is 204 g/mol. The lowest BCUT2D eigenvalue weighted by Crippen LogP contribution is -2.30. The molecular formula is C15H24. The van der Waals surface area contributed by atoms with Gasteiger partial charge in [-0.2, -0.15) is 0 Å². The lowest BCUT2D eigenvalue weighted by Gasteiger charge is -2.41. The lowest BCUT2D eigenvalue weighted by molar-refractivity contribution is 0.223. The van der Waals surface area contributed by atoms with Gasteiger partial charge in [-0.1, -0.05) is 29.7 Å². The van der Waals surface area contributed by atoms with Crippen LogP contribution in [0.3, 0.4) is 0 Å². The molecule has 0 aromatic rings. The first-order chi connectivity index (χ1) is 7.09. The maximum Gasteiger partial charge on any atom is 0.00127 e. The Morgan fingerprint density at radius 2 is 1.93 bits per heavy atom. The van der Waals surface area contributed by atoms with Gasteiger partial charge < -0.3 is 0 Å². The van der Waals surface area contributed by atoms with Crippen LogP contribution in [0.4, 0.5) is 0 Å². The molecule has 15 heavy (non-hydrogen) atoms. The Morgan fingerprint density at radius 3 is 2.60 bits per heavy atom. The Balaban J connectivity index is 2.33. The molecule has 3 atom stereocenters. The summed E-state index contributed by atoms with van der Waals surface area (Å²) in [6.07, 6.45) is 8.07. The summed E-state index contributed by atoms with van der Waals surface area (Å²) < 4.78 is 0. The van der Waals surface area contributed by atoms with E-state index < -0.39 is 0 Å². The van der Waals surface area contributed by atoms with Crippen molar-refractivity contribution in [1.29, 1.82) is 0 Å². The van der Waals surface area contributed by atoms with Gasteiger partial charge in [0.05, 0.1) is 0 Å². The van der Waals surface area contributed by atoms with E-state index in [1.165, 1.54) is 25.7 Å². The molecule has 0 radical (unpaired) electrons. The molecular weight excluding hydrogens is 180 g/mol. The van der Waals surface area contributed by atoms with Crippen LogP contribution < -0.4 is 0 Å². The molecule has 2 aliphatic carbocycles. The Morgan fingerprint density at radius 1 is 1.20 bits per heavy atom. The van der Waals surface area contributed by atoms with E-state index in [9.17, 15) is 0 Å². The van der Waals surface area contributed by atoms with Gasteiger partial charge in [-0.25, -0.2) is 0 Å². The summed E-state index contributed by atoms with van der Waals surface area (Å²) in [7, 11) is 0. The van der Waals surface area contributed by atoms with E-state index in [1.54, 1.807) is 16.7 Å². The summed E-state index contributed by atoms with van der Waals surface area (Å²) in [6.45, 7) is 9.34. The molecule has 0 heterocycles. The van der Waals surface area contributed by atoms with Crippen molar-refractivity contribution < 1.29 is 0 Å². The number of fused-ring (bicyclic) bond motifs is 1. The summed E-state index contributed by atoms with van der Waals surface area (Å²) in [4.78, 5) is 0. The standard InChI is InChI=1S/C15H24/c1-10(2)13-8-6-12(4)14-7-5-11(3)9-15(13)14/h9,12,14-15H,5-8H2,1-4H3/t12-,14?,15?/m0/s1. The maximum absolute atomic E-state index is 2.56. The second-order valence-corrected chi connectivity index (χ2v) is 5.78. The van der Waals surface area contributed by atoms with Gasteiger partial charge in [0.25, 0.3) is 0 Å². The molecule has 0 nitrogen and oxygen atoms in total. The van der Waals surface area contributed by atoms with E-state index in [-0.39, 0.29) is 0 Å². The molecule has 0 amide bonds. The summed E-state index contributed by atoms with van der Waals surface area (Å²) in [5, 5.41) is 0. The Labute approximate surface area is 94.5 Å². The average molecular weight is 204 g/mol. The molecule has 0 spiro atoms. The highest BCUT2D eigenvalue weighted by molar-refractivity contribution is 5.26. The Bertz CT molecular complexity index is 302. The third-order valence-electron chi connectivity index (χ3n) is 4.44. The number of allylic oxidation sites excluding steroid dienone is 4. The van der Waals surface area contributed by atoms with E-state index in [1.807, 2.05) is 0 Å². The van der Waals surface area contributed by atoms with Crippen molar-refractivity contribution in [2.75, 3.05) is 0 Å². The molecule has 0 aromatic heterocycles. The first kappa shape index (κ1) is 11.0. The molecule has 1 fully saturated rings. The minimum atomic E-state index is 0.785. The fourth-order valence-corrected chi connectivity index (χ4v) is 3.43. The van der Waals surface area contributed by atoms with Gasteiger partial charge in [0, 0.05) is 5.92 Å². The van der Waals surface area contributed by atoms with Crippen LogP contribution in [0.25, 0.3) is 0 Å². The lowest BCUT2D eigenvalue weighted by atomic mass is 9.64. The smallest absolute Gasteiger partial charge is 0.00127 e. The zero-order valence-electron chi connectivity index (χ0n) is 10.6. The SMILES string of the molecule is CC1=CC2C(=C(C)C)CC[C@H](C)C2CC1. The first-order valence-corrected chi connectivity index (χ1v) is 6.43. The highest BCUT2D eigenvalue weighted by Crippen LogP contribution is 2.46. The van der Waals surface area contributed by atoms with Crippen LogP contribution in [0.5, 0.6) is 0 Å². The molecule has 0 heteroatoms. The highest BCUT2D eigenvalue weighted by Gasteiger charge is 2.34. The van der Waals surface area contributed by atoms with Gasteiger partial charge in [0.15, 0.2) is 0 Å². The molecule has 2 rings (SSSR count). The third-order valence-corrected chi connectivity index (χ3v) is 4.44. The zero-order valence-corrected chi connectivity index (χ0v) is 10.6. The van der Waals surface area contributed by atoms with Crippen LogP contribution >= 0.6 is 0 Å². The first-order valence-electron chi connectivity index (χ1n) is 6.43.